The van der Waals surface area contributed by atoms with Gasteiger partial charge in [-0.2, -0.15) is 0 Å². The van der Waals surface area contributed by atoms with Crippen LogP contribution in [0.5, 0.6) is 0 Å². The second-order valence-corrected chi connectivity index (χ2v) is 5.30. The first kappa shape index (κ1) is 14.9. The molecule has 0 saturated carbocycles. The molecule has 0 atom stereocenters. The molecule has 1 aromatic carbocycles. The normalized spacial score (nSPS) is 11.9. The van der Waals surface area contributed by atoms with Crippen molar-refractivity contribution in [3.63, 3.8) is 0 Å². The van der Waals surface area contributed by atoms with Crippen molar-refractivity contribution in [1.29, 1.82) is 0 Å². The van der Waals surface area contributed by atoms with Crippen molar-refractivity contribution in [2.75, 3.05) is 6.54 Å². The average molecular weight is 247 g/mol. The Morgan fingerprint density at radius 2 is 1.67 bits per heavy atom. The number of nitrogens with two attached hydrogens (primary N) is 1. The summed E-state index contributed by atoms with van der Waals surface area (Å²) in [5, 5.41) is 0. The summed E-state index contributed by atoms with van der Waals surface area (Å²) in [6.07, 6.45) is 1.59. The van der Waals surface area contributed by atoms with Crippen molar-refractivity contribution in [3.8, 4) is 0 Å². The van der Waals surface area contributed by atoms with Gasteiger partial charge in [0.2, 0.25) is 0 Å². The molecule has 0 aliphatic carbocycles. The minimum Gasteiger partial charge on any atom is -0.329 e. The van der Waals surface area contributed by atoms with Gasteiger partial charge in [-0.25, -0.2) is 0 Å². The molecule has 0 bridgehead atoms. The fraction of sp³-hybridized carbons (Fsp3) is 0.562. The summed E-state index contributed by atoms with van der Waals surface area (Å²) in [4.78, 5) is 12.6. The summed E-state index contributed by atoms with van der Waals surface area (Å²) in [5.74, 6) is 0.677. The molecule has 0 fully saturated rings. The Morgan fingerprint density at radius 3 is 2.00 bits per heavy atom. The molecule has 0 amide bonds. The van der Waals surface area contributed by atoms with E-state index in [-0.39, 0.29) is 11.2 Å². The number of rotatable bonds is 6. The smallest absolute Gasteiger partial charge is 0.170 e. The molecule has 0 spiro atoms. The first-order chi connectivity index (χ1) is 8.50. The molecule has 0 radical (unpaired) electrons. The van der Waals surface area contributed by atoms with Crippen LogP contribution in [0.2, 0.25) is 0 Å². The molecule has 1 aromatic rings. The van der Waals surface area contributed by atoms with E-state index in [0.29, 0.717) is 12.5 Å². The van der Waals surface area contributed by atoms with E-state index in [1.54, 1.807) is 0 Å². The van der Waals surface area contributed by atoms with Gasteiger partial charge in [0.15, 0.2) is 5.78 Å². The Balaban J connectivity index is 3.03. The molecular weight excluding hydrogens is 222 g/mol. The first-order valence-corrected chi connectivity index (χ1v) is 6.85. The van der Waals surface area contributed by atoms with Crippen LogP contribution in [-0.2, 0) is 0 Å². The minimum atomic E-state index is -0.390. The van der Waals surface area contributed by atoms with E-state index in [4.69, 9.17) is 5.73 Å². The summed E-state index contributed by atoms with van der Waals surface area (Å²) in [7, 11) is 0. The van der Waals surface area contributed by atoms with Crippen LogP contribution in [0.4, 0.5) is 0 Å². The second kappa shape index (κ2) is 6.14. The van der Waals surface area contributed by atoms with Crippen LogP contribution in [0.25, 0.3) is 0 Å². The Labute approximate surface area is 111 Å². The van der Waals surface area contributed by atoms with Crippen LogP contribution >= 0.6 is 0 Å². The molecule has 2 N–H and O–H groups in total. The first-order valence-electron chi connectivity index (χ1n) is 6.85. The number of Topliss-reactive ketones (excluding diaryl/α,β-unsaturated/α-hetero) is 1. The molecule has 18 heavy (non-hydrogen) atoms. The zero-order valence-electron chi connectivity index (χ0n) is 12.0. The quantitative estimate of drug-likeness (QED) is 0.778. The van der Waals surface area contributed by atoms with Gasteiger partial charge in [0.1, 0.15) is 0 Å². The third-order valence-electron chi connectivity index (χ3n) is 4.07. The average Bonchev–Trinajstić information content (AvgIpc) is 2.41. The van der Waals surface area contributed by atoms with Gasteiger partial charge in [0.05, 0.1) is 0 Å². The summed E-state index contributed by atoms with van der Waals surface area (Å²) >= 11 is 0. The van der Waals surface area contributed by atoms with Crippen LogP contribution in [-0.4, -0.2) is 12.3 Å². The molecule has 0 aliphatic heterocycles. The van der Waals surface area contributed by atoms with E-state index in [2.05, 4.69) is 13.8 Å². The van der Waals surface area contributed by atoms with Crippen LogP contribution < -0.4 is 5.73 Å². The molecular formula is C16H25NO. The van der Waals surface area contributed by atoms with Gasteiger partial charge in [-0.15, -0.1) is 0 Å². The molecule has 2 nitrogen and oxygen atoms in total. The van der Waals surface area contributed by atoms with Crippen molar-refractivity contribution < 1.29 is 4.79 Å². The van der Waals surface area contributed by atoms with Gasteiger partial charge in [-0.05, 0) is 24.3 Å². The van der Waals surface area contributed by atoms with Crippen LogP contribution in [0, 0.1) is 5.41 Å². The number of hydrogen-bond donors (Lipinski definition) is 1. The van der Waals surface area contributed by atoms with E-state index in [1.165, 1.54) is 5.56 Å². The number of benzene rings is 1. The largest absolute Gasteiger partial charge is 0.329 e. The topological polar surface area (TPSA) is 43.1 Å². The fourth-order valence-electron chi connectivity index (χ4n) is 2.28. The van der Waals surface area contributed by atoms with E-state index >= 15 is 0 Å². The number of ketones is 1. The van der Waals surface area contributed by atoms with E-state index in [1.807, 2.05) is 38.1 Å². The Kier molecular flexibility index (Phi) is 5.09. The molecule has 100 valence electrons. The maximum absolute atomic E-state index is 12.6. The highest BCUT2D eigenvalue weighted by Crippen LogP contribution is 2.30. The SMILES string of the molecule is CCC(CC)(CN)C(=O)c1ccc(C(C)C)cc1. The third kappa shape index (κ3) is 2.81. The molecule has 2 heteroatoms. The third-order valence-corrected chi connectivity index (χ3v) is 4.07. The molecule has 0 aromatic heterocycles. The van der Waals surface area contributed by atoms with Crippen LogP contribution in [0.1, 0.15) is 62.4 Å². The predicted octanol–water partition coefficient (Wildman–Crippen LogP) is 3.76. The van der Waals surface area contributed by atoms with Gasteiger partial charge >= 0.3 is 0 Å². The lowest BCUT2D eigenvalue weighted by Crippen LogP contribution is -2.37. The molecule has 0 heterocycles. The molecule has 0 aliphatic rings. The predicted molar refractivity (Wildman–Crippen MR) is 76.9 cm³/mol. The number of carbonyl (C=O) groups excluding carboxylic acids is 1. The lowest BCUT2D eigenvalue weighted by Gasteiger charge is -2.28. The van der Waals surface area contributed by atoms with Crippen molar-refractivity contribution in [2.45, 2.75) is 46.5 Å². The maximum Gasteiger partial charge on any atom is 0.170 e. The Bertz CT molecular complexity index is 380. The highest BCUT2D eigenvalue weighted by molar-refractivity contribution is 6.00. The molecule has 0 saturated heterocycles. The Hall–Kier alpha value is -1.15. The zero-order chi connectivity index (χ0) is 13.8. The van der Waals surface area contributed by atoms with Gasteiger partial charge in [0.25, 0.3) is 0 Å². The molecule has 1 rings (SSSR count). The maximum atomic E-state index is 12.6. The van der Waals surface area contributed by atoms with E-state index in [9.17, 15) is 4.79 Å². The van der Waals surface area contributed by atoms with Crippen molar-refractivity contribution in [2.24, 2.45) is 11.1 Å². The van der Waals surface area contributed by atoms with Crippen molar-refractivity contribution in [3.05, 3.63) is 35.4 Å². The van der Waals surface area contributed by atoms with Gasteiger partial charge in [-0.3, -0.25) is 4.79 Å². The fourth-order valence-corrected chi connectivity index (χ4v) is 2.28. The van der Waals surface area contributed by atoms with Crippen molar-refractivity contribution >= 4 is 5.78 Å². The highest BCUT2D eigenvalue weighted by Gasteiger charge is 2.33. The van der Waals surface area contributed by atoms with E-state index < -0.39 is 0 Å². The van der Waals surface area contributed by atoms with Gasteiger partial charge in [0, 0.05) is 17.5 Å². The Morgan fingerprint density at radius 1 is 1.17 bits per heavy atom. The lowest BCUT2D eigenvalue weighted by atomic mass is 9.75. The lowest BCUT2D eigenvalue weighted by molar-refractivity contribution is 0.0787. The summed E-state index contributed by atoms with van der Waals surface area (Å²) < 4.78 is 0. The summed E-state index contributed by atoms with van der Waals surface area (Å²) in [6.45, 7) is 8.80. The monoisotopic (exact) mass is 247 g/mol. The van der Waals surface area contributed by atoms with Crippen molar-refractivity contribution in [1.82, 2.24) is 0 Å². The van der Waals surface area contributed by atoms with E-state index in [0.717, 1.165) is 18.4 Å². The van der Waals surface area contributed by atoms with Crippen LogP contribution in [0.3, 0.4) is 0 Å². The zero-order valence-corrected chi connectivity index (χ0v) is 12.0. The van der Waals surface area contributed by atoms with Gasteiger partial charge in [-0.1, -0.05) is 52.0 Å². The minimum absolute atomic E-state index is 0.185. The van der Waals surface area contributed by atoms with Gasteiger partial charge < -0.3 is 5.73 Å². The summed E-state index contributed by atoms with van der Waals surface area (Å²) in [5.41, 5.74) is 7.48. The number of hydrogen-bond acceptors (Lipinski definition) is 2. The highest BCUT2D eigenvalue weighted by atomic mass is 16.1. The standard InChI is InChI=1S/C16H25NO/c1-5-16(6-2,11-17)15(18)14-9-7-13(8-10-14)12(3)4/h7-10,12H,5-6,11,17H2,1-4H3. The molecule has 0 unspecified atom stereocenters. The number of carbonyl (C=O) groups is 1. The second-order valence-electron chi connectivity index (χ2n) is 5.30. The summed E-state index contributed by atoms with van der Waals surface area (Å²) in [6, 6.07) is 7.97. The van der Waals surface area contributed by atoms with Crippen LogP contribution in [0.15, 0.2) is 24.3 Å².